The summed E-state index contributed by atoms with van der Waals surface area (Å²) in [5.74, 6) is 1.72. The van der Waals surface area contributed by atoms with Gasteiger partial charge in [-0.15, -0.1) is 0 Å². The number of rotatable bonds is 8. The van der Waals surface area contributed by atoms with E-state index in [1.165, 1.54) is 12.8 Å². The Bertz CT molecular complexity index is 448. The van der Waals surface area contributed by atoms with Gasteiger partial charge in [0.05, 0.1) is 13.2 Å². The monoisotopic (exact) mass is 307 g/mol. The van der Waals surface area contributed by atoms with Gasteiger partial charge < -0.3 is 15.0 Å². The van der Waals surface area contributed by atoms with E-state index in [0.717, 1.165) is 63.4 Å². The van der Waals surface area contributed by atoms with E-state index in [-0.39, 0.29) is 0 Å². The molecule has 0 atom stereocenters. The van der Waals surface area contributed by atoms with Crippen LogP contribution >= 0.6 is 0 Å². The average Bonchev–Trinajstić information content (AvgIpc) is 2.53. The molecule has 2 rings (SSSR count). The number of nitrogens with zero attached hydrogens (tertiary/aromatic N) is 4. The number of nitrogens with one attached hydrogen (secondary N) is 1. The minimum absolute atomic E-state index is 0.728. The number of hydrogen-bond donors (Lipinski definition) is 1. The standard InChI is InChI=1S/C16H29N5O/c1-4-5-7-20(3)15-13-14(2)18-16(19-15)17-6-8-21-9-11-22-12-10-21/h13H,4-12H2,1-3H3,(H,17,18,19). The van der Waals surface area contributed by atoms with Crippen molar-refractivity contribution in [3.05, 3.63) is 11.8 Å². The zero-order valence-corrected chi connectivity index (χ0v) is 14.1. The van der Waals surface area contributed by atoms with Crippen LogP contribution in [0.3, 0.4) is 0 Å². The first-order valence-corrected chi connectivity index (χ1v) is 8.30. The van der Waals surface area contributed by atoms with Gasteiger partial charge in [0.25, 0.3) is 0 Å². The fourth-order valence-corrected chi connectivity index (χ4v) is 2.49. The molecule has 0 aromatic carbocycles. The highest BCUT2D eigenvalue weighted by molar-refractivity contribution is 5.44. The van der Waals surface area contributed by atoms with Crippen molar-refractivity contribution in [2.45, 2.75) is 26.7 Å². The van der Waals surface area contributed by atoms with Gasteiger partial charge in [-0.05, 0) is 13.3 Å². The number of anilines is 2. The van der Waals surface area contributed by atoms with Gasteiger partial charge in [0.15, 0.2) is 0 Å². The zero-order chi connectivity index (χ0) is 15.8. The lowest BCUT2D eigenvalue weighted by molar-refractivity contribution is 0.0398. The summed E-state index contributed by atoms with van der Waals surface area (Å²) in [6.45, 7) is 10.8. The summed E-state index contributed by atoms with van der Waals surface area (Å²) in [6, 6.07) is 2.04. The van der Waals surface area contributed by atoms with Crippen molar-refractivity contribution in [3.8, 4) is 0 Å². The van der Waals surface area contributed by atoms with E-state index in [4.69, 9.17) is 4.74 Å². The second kappa shape index (κ2) is 8.90. The third-order valence-electron chi connectivity index (χ3n) is 3.89. The molecule has 6 nitrogen and oxygen atoms in total. The number of hydrogen-bond acceptors (Lipinski definition) is 6. The van der Waals surface area contributed by atoms with E-state index in [0.29, 0.717) is 0 Å². The molecule has 0 bridgehead atoms. The molecule has 1 N–H and O–H groups in total. The van der Waals surface area contributed by atoms with Gasteiger partial charge in [0.1, 0.15) is 5.82 Å². The normalized spacial score (nSPS) is 15.8. The third kappa shape index (κ3) is 5.42. The molecule has 0 radical (unpaired) electrons. The van der Waals surface area contributed by atoms with Crippen LogP contribution < -0.4 is 10.2 Å². The van der Waals surface area contributed by atoms with Crippen LogP contribution in [-0.2, 0) is 4.74 Å². The lowest BCUT2D eigenvalue weighted by Gasteiger charge is -2.26. The number of ether oxygens (including phenoxy) is 1. The number of unbranched alkanes of at least 4 members (excludes halogenated alkanes) is 1. The summed E-state index contributed by atoms with van der Waals surface area (Å²) in [4.78, 5) is 13.7. The molecule has 1 saturated heterocycles. The lowest BCUT2D eigenvalue weighted by Crippen LogP contribution is -2.39. The van der Waals surface area contributed by atoms with Crippen molar-refractivity contribution in [1.29, 1.82) is 0 Å². The second-order valence-corrected chi connectivity index (χ2v) is 5.85. The fraction of sp³-hybridized carbons (Fsp3) is 0.750. The molecule has 2 heterocycles. The molecule has 22 heavy (non-hydrogen) atoms. The third-order valence-corrected chi connectivity index (χ3v) is 3.89. The Morgan fingerprint density at radius 3 is 2.82 bits per heavy atom. The van der Waals surface area contributed by atoms with Gasteiger partial charge in [-0.3, -0.25) is 4.90 Å². The van der Waals surface area contributed by atoms with E-state index < -0.39 is 0 Å². The summed E-state index contributed by atoms with van der Waals surface area (Å²) in [7, 11) is 2.09. The summed E-state index contributed by atoms with van der Waals surface area (Å²) in [6.07, 6.45) is 2.37. The number of aryl methyl sites for hydroxylation is 1. The molecule has 0 unspecified atom stereocenters. The van der Waals surface area contributed by atoms with Crippen LogP contribution in [0, 0.1) is 6.92 Å². The summed E-state index contributed by atoms with van der Waals surface area (Å²) >= 11 is 0. The van der Waals surface area contributed by atoms with Crippen molar-refractivity contribution in [1.82, 2.24) is 14.9 Å². The molecule has 6 heteroatoms. The van der Waals surface area contributed by atoms with Crippen LogP contribution in [0.4, 0.5) is 11.8 Å². The van der Waals surface area contributed by atoms with E-state index >= 15 is 0 Å². The minimum atomic E-state index is 0.728. The highest BCUT2D eigenvalue weighted by Crippen LogP contribution is 2.14. The first kappa shape index (κ1) is 17.0. The molecule has 1 aromatic heterocycles. The van der Waals surface area contributed by atoms with Crippen LogP contribution in [0.25, 0.3) is 0 Å². The molecule has 1 fully saturated rings. The summed E-state index contributed by atoms with van der Waals surface area (Å²) in [5, 5.41) is 3.35. The molecule has 0 amide bonds. The van der Waals surface area contributed by atoms with Gasteiger partial charge in [0.2, 0.25) is 5.95 Å². The van der Waals surface area contributed by atoms with E-state index in [1.807, 2.05) is 13.0 Å². The first-order chi connectivity index (χ1) is 10.7. The molecule has 1 aliphatic rings. The molecule has 1 aromatic rings. The topological polar surface area (TPSA) is 53.5 Å². The number of aromatic nitrogens is 2. The number of morpholine rings is 1. The molecular formula is C16H29N5O. The van der Waals surface area contributed by atoms with E-state index in [1.54, 1.807) is 0 Å². The van der Waals surface area contributed by atoms with Crippen molar-refractivity contribution in [2.24, 2.45) is 0 Å². The Morgan fingerprint density at radius 2 is 2.09 bits per heavy atom. The molecule has 0 aliphatic carbocycles. The highest BCUT2D eigenvalue weighted by atomic mass is 16.5. The van der Waals surface area contributed by atoms with Crippen molar-refractivity contribution < 1.29 is 4.74 Å². The summed E-state index contributed by atoms with van der Waals surface area (Å²) < 4.78 is 5.36. The lowest BCUT2D eigenvalue weighted by atomic mass is 10.3. The maximum Gasteiger partial charge on any atom is 0.224 e. The zero-order valence-electron chi connectivity index (χ0n) is 14.1. The van der Waals surface area contributed by atoms with Gasteiger partial charge in [-0.2, -0.15) is 4.98 Å². The Balaban J connectivity index is 1.85. The van der Waals surface area contributed by atoms with Gasteiger partial charge in [0, 0.05) is 51.5 Å². The SMILES string of the molecule is CCCCN(C)c1cc(C)nc(NCCN2CCOCC2)n1. The average molecular weight is 307 g/mol. The molecule has 124 valence electrons. The Labute approximate surface area is 133 Å². The molecule has 1 aliphatic heterocycles. The maximum atomic E-state index is 5.36. The quantitative estimate of drug-likeness (QED) is 0.790. The molecule has 0 saturated carbocycles. The van der Waals surface area contributed by atoms with E-state index in [9.17, 15) is 0 Å². The molecular weight excluding hydrogens is 278 g/mol. The van der Waals surface area contributed by atoms with Crippen LogP contribution in [0.2, 0.25) is 0 Å². The second-order valence-electron chi connectivity index (χ2n) is 5.85. The Kier molecular flexibility index (Phi) is 6.86. The minimum Gasteiger partial charge on any atom is -0.379 e. The van der Waals surface area contributed by atoms with Gasteiger partial charge in [-0.1, -0.05) is 13.3 Å². The van der Waals surface area contributed by atoms with Gasteiger partial charge >= 0.3 is 0 Å². The van der Waals surface area contributed by atoms with Crippen LogP contribution in [-0.4, -0.2) is 67.9 Å². The van der Waals surface area contributed by atoms with Gasteiger partial charge in [-0.25, -0.2) is 4.98 Å². The molecule has 0 spiro atoms. The van der Waals surface area contributed by atoms with Crippen molar-refractivity contribution in [2.75, 3.05) is 63.2 Å². The highest BCUT2D eigenvalue weighted by Gasteiger charge is 2.10. The Hall–Kier alpha value is -1.40. The van der Waals surface area contributed by atoms with Crippen LogP contribution in [0.1, 0.15) is 25.5 Å². The van der Waals surface area contributed by atoms with Crippen molar-refractivity contribution in [3.63, 3.8) is 0 Å². The largest absolute Gasteiger partial charge is 0.379 e. The van der Waals surface area contributed by atoms with E-state index in [2.05, 4.69) is 39.1 Å². The van der Waals surface area contributed by atoms with Crippen LogP contribution in [0.15, 0.2) is 6.07 Å². The summed E-state index contributed by atoms with van der Waals surface area (Å²) in [5.41, 5.74) is 1.00. The van der Waals surface area contributed by atoms with Crippen molar-refractivity contribution >= 4 is 11.8 Å². The Morgan fingerprint density at radius 1 is 1.32 bits per heavy atom. The first-order valence-electron chi connectivity index (χ1n) is 8.30. The maximum absolute atomic E-state index is 5.36. The fourth-order valence-electron chi connectivity index (χ4n) is 2.49. The smallest absolute Gasteiger partial charge is 0.224 e. The van der Waals surface area contributed by atoms with Crippen LogP contribution in [0.5, 0.6) is 0 Å². The predicted molar refractivity (Wildman–Crippen MR) is 90.7 cm³/mol. The predicted octanol–water partition coefficient (Wildman–Crippen LogP) is 1.77.